The SMILES string of the molecule is O=C(NCc1ccnc(N2CCOCC2)n1)C(c1ccccc1)c1ccccc1. The summed E-state index contributed by atoms with van der Waals surface area (Å²) in [6.07, 6.45) is 1.74. The number of hydrogen-bond donors (Lipinski definition) is 1. The number of hydrogen-bond acceptors (Lipinski definition) is 5. The van der Waals surface area contributed by atoms with Gasteiger partial charge in [0.2, 0.25) is 11.9 Å². The van der Waals surface area contributed by atoms with Gasteiger partial charge in [-0.2, -0.15) is 0 Å². The first-order valence-corrected chi connectivity index (χ1v) is 9.83. The molecule has 148 valence electrons. The van der Waals surface area contributed by atoms with Gasteiger partial charge in [0.15, 0.2) is 0 Å². The molecule has 1 aromatic heterocycles. The highest BCUT2D eigenvalue weighted by Crippen LogP contribution is 2.24. The van der Waals surface area contributed by atoms with E-state index >= 15 is 0 Å². The summed E-state index contributed by atoms with van der Waals surface area (Å²) in [5, 5.41) is 3.05. The first-order valence-electron chi connectivity index (χ1n) is 9.83. The lowest BCUT2D eigenvalue weighted by Crippen LogP contribution is -2.37. The van der Waals surface area contributed by atoms with E-state index in [0.29, 0.717) is 25.7 Å². The highest BCUT2D eigenvalue weighted by Gasteiger charge is 2.22. The lowest BCUT2D eigenvalue weighted by Gasteiger charge is -2.26. The molecular weight excluding hydrogens is 364 g/mol. The zero-order valence-corrected chi connectivity index (χ0v) is 16.2. The Morgan fingerprint density at radius 1 is 0.966 bits per heavy atom. The second-order valence-corrected chi connectivity index (χ2v) is 6.92. The average Bonchev–Trinajstić information content (AvgIpc) is 2.80. The van der Waals surface area contributed by atoms with Gasteiger partial charge in [-0.25, -0.2) is 9.97 Å². The van der Waals surface area contributed by atoms with Crippen LogP contribution in [-0.2, 0) is 16.1 Å². The third-order valence-corrected chi connectivity index (χ3v) is 4.97. The fraction of sp³-hybridized carbons (Fsp3) is 0.261. The molecule has 0 radical (unpaired) electrons. The van der Waals surface area contributed by atoms with Gasteiger partial charge in [-0.15, -0.1) is 0 Å². The molecule has 0 spiro atoms. The molecule has 1 fully saturated rings. The number of rotatable bonds is 6. The van der Waals surface area contributed by atoms with Crippen molar-refractivity contribution in [3.63, 3.8) is 0 Å². The van der Waals surface area contributed by atoms with Gasteiger partial charge >= 0.3 is 0 Å². The smallest absolute Gasteiger partial charge is 0.232 e. The Bertz CT molecular complexity index is 888. The molecule has 0 aliphatic carbocycles. The highest BCUT2D eigenvalue weighted by atomic mass is 16.5. The Labute approximate surface area is 170 Å². The van der Waals surface area contributed by atoms with E-state index < -0.39 is 0 Å². The van der Waals surface area contributed by atoms with E-state index in [1.807, 2.05) is 66.7 Å². The van der Waals surface area contributed by atoms with Crippen LogP contribution in [0.15, 0.2) is 72.9 Å². The van der Waals surface area contributed by atoms with Crippen LogP contribution in [0.3, 0.4) is 0 Å². The zero-order chi connectivity index (χ0) is 19.9. The first-order chi connectivity index (χ1) is 14.3. The number of ether oxygens (including phenoxy) is 1. The Balaban J connectivity index is 1.48. The number of aromatic nitrogens is 2. The highest BCUT2D eigenvalue weighted by molar-refractivity contribution is 5.87. The molecule has 0 atom stereocenters. The lowest BCUT2D eigenvalue weighted by molar-refractivity contribution is -0.121. The van der Waals surface area contributed by atoms with Gasteiger partial charge in [0, 0.05) is 19.3 Å². The van der Waals surface area contributed by atoms with Crippen LogP contribution < -0.4 is 10.2 Å². The summed E-state index contributed by atoms with van der Waals surface area (Å²) in [5.41, 5.74) is 2.72. The van der Waals surface area contributed by atoms with Crippen LogP contribution in [0.1, 0.15) is 22.7 Å². The normalized spacial score (nSPS) is 14.0. The van der Waals surface area contributed by atoms with Crippen molar-refractivity contribution in [2.75, 3.05) is 31.2 Å². The minimum Gasteiger partial charge on any atom is -0.378 e. The van der Waals surface area contributed by atoms with E-state index in [1.165, 1.54) is 0 Å². The number of amides is 1. The van der Waals surface area contributed by atoms with E-state index in [9.17, 15) is 4.79 Å². The third-order valence-electron chi connectivity index (χ3n) is 4.97. The van der Waals surface area contributed by atoms with Gasteiger partial charge in [-0.1, -0.05) is 60.7 Å². The molecule has 6 nitrogen and oxygen atoms in total. The largest absolute Gasteiger partial charge is 0.378 e. The van der Waals surface area contributed by atoms with Gasteiger partial charge in [-0.3, -0.25) is 4.79 Å². The number of nitrogens with one attached hydrogen (secondary N) is 1. The van der Waals surface area contributed by atoms with Crippen molar-refractivity contribution in [2.45, 2.75) is 12.5 Å². The summed E-state index contributed by atoms with van der Waals surface area (Å²) >= 11 is 0. The minimum absolute atomic E-state index is 0.0473. The summed E-state index contributed by atoms with van der Waals surface area (Å²) < 4.78 is 5.39. The third kappa shape index (κ3) is 4.78. The molecule has 2 aromatic carbocycles. The quantitative estimate of drug-likeness (QED) is 0.703. The number of benzene rings is 2. The molecule has 3 aromatic rings. The summed E-state index contributed by atoms with van der Waals surface area (Å²) in [7, 11) is 0. The lowest BCUT2D eigenvalue weighted by atomic mass is 9.90. The molecule has 1 amide bonds. The molecule has 1 N–H and O–H groups in total. The van der Waals surface area contributed by atoms with Gasteiger partial charge in [0.1, 0.15) is 0 Å². The molecule has 2 heterocycles. The standard InChI is InChI=1S/C23H24N4O2/c28-22(21(18-7-3-1-4-8-18)19-9-5-2-6-10-19)25-17-20-11-12-24-23(26-20)27-13-15-29-16-14-27/h1-12,21H,13-17H2,(H,25,28). The predicted octanol–water partition coefficient (Wildman–Crippen LogP) is 2.76. The molecule has 0 unspecified atom stereocenters. The van der Waals surface area contributed by atoms with E-state index in [4.69, 9.17) is 4.74 Å². The Morgan fingerprint density at radius 2 is 1.59 bits per heavy atom. The maximum Gasteiger partial charge on any atom is 0.232 e. The van der Waals surface area contributed by atoms with Crippen LogP contribution in [0.25, 0.3) is 0 Å². The van der Waals surface area contributed by atoms with E-state index in [0.717, 1.165) is 29.9 Å². The topological polar surface area (TPSA) is 67.4 Å². The van der Waals surface area contributed by atoms with Crippen molar-refractivity contribution in [3.8, 4) is 0 Å². The monoisotopic (exact) mass is 388 g/mol. The number of anilines is 1. The molecule has 1 saturated heterocycles. The minimum atomic E-state index is -0.363. The molecule has 0 bridgehead atoms. The molecule has 6 heteroatoms. The van der Waals surface area contributed by atoms with Crippen LogP contribution in [0.5, 0.6) is 0 Å². The van der Waals surface area contributed by atoms with Crippen molar-refractivity contribution in [2.24, 2.45) is 0 Å². The van der Waals surface area contributed by atoms with Crippen molar-refractivity contribution in [3.05, 3.63) is 89.7 Å². The maximum atomic E-state index is 13.1. The maximum absolute atomic E-state index is 13.1. The first kappa shape index (κ1) is 19.1. The number of carbonyl (C=O) groups is 1. The second kappa shape index (κ2) is 9.30. The van der Waals surface area contributed by atoms with E-state index in [1.54, 1.807) is 6.20 Å². The fourth-order valence-corrected chi connectivity index (χ4v) is 3.46. The second-order valence-electron chi connectivity index (χ2n) is 6.92. The molecule has 1 aliphatic rings. The number of nitrogens with zero attached hydrogens (tertiary/aromatic N) is 3. The van der Waals surface area contributed by atoms with Crippen LogP contribution in [0.4, 0.5) is 5.95 Å². The van der Waals surface area contributed by atoms with Crippen molar-refractivity contribution >= 4 is 11.9 Å². The molecule has 4 rings (SSSR count). The van der Waals surface area contributed by atoms with Gasteiger partial charge in [0.25, 0.3) is 0 Å². The van der Waals surface area contributed by atoms with Crippen LogP contribution in [0.2, 0.25) is 0 Å². The summed E-state index contributed by atoms with van der Waals surface area (Å²) in [4.78, 5) is 24.2. The van der Waals surface area contributed by atoms with Crippen molar-refractivity contribution < 1.29 is 9.53 Å². The van der Waals surface area contributed by atoms with E-state index in [-0.39, 0.29) is 11.8 Å². The van der Waals surface area contributed by atoms with Crippen LogP contribution in [0, 0.1) is 0 Å². The van der Waals surface area contributed by atoms with Crippen molar-refractivity contribution in [1.82, 2.24) is 15.3 Å². The zero-order valence-electron chi connectivity index (χ0n) is 16.2. The number of morpholine rings is 1. The molecule has 1 aliphatic heterocycles. The fourth-order valence-electron chi connectivity index (χ4n) is 3.46. The van der Waals surface area contributed by atoms with Crippen LogP contribution in [-0.4, -0.2) is 42.2 Å². The van der Waals surface area contributed by atoms with Crippen molar-refractivity contribution in [1.29, 1.82) is 0 Å². The van der Waals surface area contributed by atoms with Crippen LogP contribution >= 0.6 is 0 Å². The Hall–Kier alpha value is -3.25. The predicted molar refractivity (Wildman–Crippen MR) is 112 cm³/mol. The summed E-state index contributed by atoms with van der Waals surface area (Å²) in [6, 6.07) is 21.5. The summed E-state index contributed by atoms with van der Waals surface area (Å²) in [5.74, 6) is 0.273. The molecule has 29 heavy (non-hydrogen) atoms. The molecular formula is C23H24N4O2. The average molecular weight is 388 g/mol. The number of carbonyl (C=O) groups excluding carboxylic acids is 1. The van der Waals surface area contributed by atoms with E-state index in [2.05, 4.69) is 20.2 Å². The Kier molecular flexibility index (Phi) is 6.12. The Morgan fingerprint density at radius 3 is 2.21 bits per heavy atom. The van der Waals surface area contributed by atoms with Gasteiger partial charge in [-0.05, 0) is 17.2 Å². The summed E-state index contributed by atoms with van der Waals surface area (Å²) in [6.45, 7) is 3.27. The van der Waals surface area contributed by atoms with Gasteiger partial charge < -0.3 is 15.0 Å². The van der Waals surface area contributed by atoms with Gasteiger partial charge in [0.05, 0.1) is 31.4 Å². The molecule has 0 saturated carbocycles.